The number of rotatable bonds is 10. The van der Waals surface area contributed by atoms with Gasteiger partial charge in [0, 0.05) is 34.4 Å². The number of phenolic OH excluding ortho intramolecular Hbond substituents is 2. The van der Waals surface area contributed by atoms with Crippen molar-refractivity contribution in [3.05, 3.63) is 48.5 Å². The van der Waals surface area contributed by atoms with E-state index in [1.165, 1.54) is 0 Å². The van der Waals surface area contributed by atoms with Crippen LogP contribution >= 0.6 is 23.5 Å². The van der Waals surface area contributed by atoms with Crippen LogP contribution in [0.3, 0.4) is 0 Å². The van der Waals surface area contributed by atoms with E-state index in [9.17, 15) is 30.6 Å². The third kappa shape index (κ3) is 6.75. The number of hydrogen-bond acceptors (Lipinski definition) is 10. The van der Waals surface area contributed by atoms with Crippen molar-refractivity contribution < 1.29 is 35.4 Å². The second-order valence-corrected chi connectivity index (χ2v) is 9.78. The lowest BCUT2D eigenvalue weighted by molar-refractivity contribution is -0.264. The number of aliphatic hydroxyl groups is 4. The minimum absolute atomic E-state index is 0.198. The van der Waals surface area contributed by atoms with Crippen LogP contribution in [0.1, 0.15) is 0 Å². The molecule has 0 saturated carbocycles. The van der Waals surface area contributed by atoms with Gasteiger partial charge < -0.3 is 35.4 Å². The largest absolute Gasteiger partial charge is 0.508 e. The molecule has 0 aliphatic carbocycles. The van der Waals surface area contributed by atoms with Crippen molar-refractivity contribution in [3.63, 3.8) is 0 Å². The van der Waals surface area contributed by atoms with E-state index in [1.807, 2.05) is 29.2 Å². The van der Waals surface area contributed by atoms with Crippen LogP contribution in [0.2, 0.25) is 0 Å². The zero-order valence-corrected chi connectivity index (χ0v) is 19.0. The number of phenols is 2. The standard InChI is InChI=1S/C22H29NO7S2/c24-13-18-19(27)20(28)21(29)22(30-18)23(9-11-31-16-5-1-14(25)2-6-16)10-12-32-17-7-3-15(26)4-8-17/h1-8,18-22,24-29H,9-13H2/t18-,19-,20+,21+,22?/m1/s1. The second-order valence-electron chi connectivity index (χ2n) is 7.44. The van der Waals surface area contributed by atoms with Crippen LogP contribution in [-0.4, -0.2) is 97.4 Å². The molecule has 0 spiro atoms. The van der Waals surface area contributed by atoms with Gasteiger partial charge >= 0.3 is 0 Å². The van der Waals surface area contributed by atoms with Gasteiger partial charge in [-0.15, -0.1) is 23.5 Å². The van der Waals surface area contributed by atoms with E-state index in [2.05, 4.69) is 0 Å². The molecule has 32 heavy (non-hydrogen) atoms. The number of thioether (sulfide) groups is 2. The molecule has 0 amide bonds. The lowest BCUT2D eigenvalue weighted by atomic mass is 9.98. The third-order valence-electron chi connectivity index (χ3n) is 5.19. The number of nitrogens with zero attached hydrogens (tertiary/aromatic N) is 1. The number of aromatic hydroxyl groups is 2. The summed E-state index contributed by atoms with van der Waals surface area (Å²) in [6.45, 7) is 0.564. The fraction of sp³-hybridized carbons (Fsp3) is 0.455. The van der Waals surface area contributed by atoms with E-state index in [-0.39, 0.29) is 11.5 Å². The summed E-state index contributed by atoms with van der Waals surface area (Å²) in [5.74, 6) is 1.71. The van der Waals surface area contributed by atoms with Crippen LogP contribution in [0.25, 0.3) is 0 Å². The molecule has 0 aromatic heterocycles. The quantitative estimate of drug-likeness (QED) is 0.273. The summed E-state index contributed by atoms with van der Waals surface area (Å²) < 4.78 is 5.76. The predicted molar refractivity (Wildman–Crippen MR) is 123 cm³/mol. The maximum atomic E-state index is 10.6. The molecular weight excluding hydrogens is 454 g/mol. The molecule has 2 aromatic carbocycles. The second kappa shape index (κ2) is 12.1. The molecule has 5 atom stereocenters. The van der Waals surface area contributed by atoms with Gasteiger partial charge in [-0.25, -0.2) is 0 Å². The zero-order valence-electron chi connectivity index (χ0n) is 17.4. The van der Waals surface area contributed by atoms with Crippen molar-refractivity contribution in [1.82, 2.24) is 4.90 Å². The minimum atomic E-state index is -1.43. The molecule has 1 aliphatic heterocycles. The zero-order chi connectivity index (χ0) is 23.1. The highest BCUT2D eigenvalue weighted by molar-refractivity contribution is 7.99. The molecule has 1 heterocycles. The molecule has 10 heteroatoms. The summed E-state index contributed by atoms with van der Waals surface area (Å²) in [6.07, 6.45) is -6.00. The lowest BCUT2D eigenvalue weighted by Gasteiger charge is -2.44. The Morgan fingerprint density at radius 1 is 0.719 bits per heavy atom. The molecule has 0 bridgehead atoms. The smallest absolute Gasteiger partial charge is 0.140 e. The number of hydrogen-bond donors (Lipinski definition) is 6. The molecule has 2 aromatic rings. The Balaban J connectivity index is 1.64. The molecule has 8 nitrogen and oxygen atoms in total. The highest BCUT2D eigenvalue weighted by Crippen LogP contribution is 2.27. The summed E-state index contributed by atoms with van der Waals surface area (Å²) in [6, 6.07) is 13.7. The van der Waals surface area contributed by atoms with Gasteiger partial charge in [0.1, 0.15) is 42.1 Å². The van der Waals surface area contributed by atoms with E-state index >= 15 is 0 Å². The van der Waals surface area contributed by atoms with Crippen molar-refractivity contribution in [2.45, 2.75) is 40.4 Å². The summed E-state index contributed by atoms with van der Waals surface area (Å²) >= 11 is 3.15. The van der Waals surface area contributed by atoms with Crippen LogP contribution in [-0.2, 0) is 4.74 Å². The summed E-state index contributed by atoms with van der Waals surface area (Å²) in [4.78, 5) is 3.86. The van der Waals surface area contributed by atoms with Gasteiger partial charge in [0.25, 0.3) is 0 Å². The van der Waals surface area contributed by atoms with Crippen molar-refractivity contribution >= 4 is 23.5 Å². The van der Waals surface area contributed by atoms with Crippen LogP contribution in [0.5, 0.6) is 11.5 Å². The van der Waals surface area contributed by atoms with Gasteiger partial charge in [-0.2, -0.15) is 0 Å². The fourth-order valence-corrected chi connectivity index (χ4v) is 5.18. The topological polar surface area (TPSA) is 134 Å². The SMILES string of the molecule is OC[C@H]1OC(N(CCSc2ccc(O)cc2)CCSc2ccc(O)cc2)[C@@H](O)[C@@H](O)[C@@H]1O. The number of benzene rings is 2. The first-order valence-corrected chi connectivity index (χ1v) is 12.2. The molecule has 3 rings (SSSR count). The Kier molecular flexibility index (Phi) is 9.50. The molecule has 6 N–H and O–H groups in total. The highest BCUT2D eigenvalue weighted by atomic mass is 32.2. The summed E-state index contributed by atoms with van der Waals surface area (Å²) in [7, 11) is 0. The van der Waals surface area contributed by atoms with E-state index < -0.39 is 37.3 Å². The summed E-state index contributed by atoms with van der Waals surface area (Å²) in [5, 5.41) is 59.2. The van der Waals surface area contributed by atoms with Gasteiger partial charge in [-0.3, -0.25) is 4.90 Å². The van der Waals surface area contributed by atoms with Crippen LogP contribution in [0, 0.1) is 0 Å². The monoisotopic (exact) mass is 483 g/mol. The summed E-state index contributed by atoms with van der Waals surface area (Å²) in [5.41, 5.74) is 0. The van der Waals surface area contributed by atoms with Crippen molar-refractivity contribution in [2.75, 3.05) is 31.2 Å². The van der Waals surface area contributed by atoms with Crippen LogP contribution < -0.4 is 0 Å². The Bertz CT molecular complexity index is 771. The first-order chi connectivity index (χ1) is 15.4. The first kappa shape index (κ1) is 25.1. The van der Waals surface area contributed by atoms with Gasteiger partial charge in [-0.05, 0) is 48.5 Å². The Morgan fingerprint density at radius 2 is 1.19 bits per heavy atom. The number of aliphatic hydroxyl groups excluding tert-OH is 4. The average Bonchev–Trinajstić information content (AvgIpc) is 2.79. The third-order valence-corrected chi connectivity index (χ3v) is 7.18. The van der Waals surface area contributed by atoms with Gasteiger partial charge in [0.05, 0.1) is 6.61 Å². The molecule has 1 aliphatic rings. The van der Waals surface area contributed by atoms with Crippen molar-refractivity contribution in [1.29, 1.82) is 0 Å². The maximum Gasteiger partial charge on any atom is 0.140 e. The predicted octanol–water partition coefficient (Wildman–Crippen LogP) is 1.08. The normalized spacial score (nSPS) is 25.8. The minimum Gasteiger partial charge on any atom is -0.508 e. The highest BCUT2D eigenvalue weighted by Gasteiger charge is 2.45. The van der Waals surface area contributed by atoms with Gasteiger partial charge in [-0.1, -0.05) is 0 Å². The Labute approximate surface area is 195 Å². The van der Waals surface area contributed by atoms with Crippen molar-refractivity contribution in [2.24, 2.45) is 0 Å². The van der Waals surface area contributed by atoms with E-state index in [0.717, 1.165) is 9.79 Å². The van der Waals surface area contributed by atoms with Crippen LogP contribution in [0.15, 0.2) is 58.3 Å². The molecular formula is C22H29NO7S2. The van der Waals surface area contributed by atoms with E-state index in [0.29, 0.717) is 24.6 Å². The first-order valence-electron chi connectivity index (χ1n) is 10.3. The van der Waals surface area contributed by atoms with E-state index in [4.69, 9.17) is 4.74 Å². The van der Waals surface area contributed by atoms with Crippen LogP contribution in [0.4, 0.5) is 0 Å². The van der Waals surface area contributed by atoms with Gasteiger partial charge in [0.2, 0.25) is 0 Å². The van der Waals surface area contributed by atoms with E-state index in [1.54, 1.807) is 47.8 Å². The number of ether oxygens (including phenoxy) is 1. The maximum absolute atomic E-state index is 10.6. The lowest BCUT2D eigenvalue weighted by Crippen LogP contribution is -2.63. The molecule has 1 fully saturated rings. The molecule has 1 saturated heterocycles. The molecule has 1 unspecified atom stereocenters. The Morgan fingerprint density at radius 3 is 1.62 bits per heavy atom. The molecule has 176 valence electrons. The fourth-order valence-electron chi connectivity index (χ4n) is 3.40. The Hall–Kier alpha value is -1.50. The van der Waals surface area contributed by atoms with Gasteiger partial charge in [0.15, 0.2) is 0 Å². The average molecular weight is 484 g/mol. The van der Waals surface area contributed by atoms with Crippen molar-refractivity contribution in [3.8, 4) is 11.5 Å². The molecule has 0 radical (unpaired) electrons.